The van der Waals surface area contributed by atoms with Gasteiger partial charge in [-0.25, -0.2) is 0 Å². The Hall–Kier alpha value is -1.10. The Morgan fingerprint density at radius 2 is 2.25 bits per heavy atom. The molecule has 1 heterocycles. The molecule has 16 heavy (non-hydrogen) atoms. The standard InChI is InChI=1S/C11H21N3O2/c1-4-5-12-8-9(15)14-7-6-13-10(16)11(14,2)3/h12H,4-8H2,1-3H3,(H,13,16). The van der Waals surface area contributed by atoms with Crippen LogP contribution in [0, 0.1) is 0 Å². The molecule has 0 atom stereocenters. The predicted octanol–water partition coefficient (Wildman–Crippen LogP) is -0.277. The van der Waals surface area contributed by atoms with Crippen molar-refractivity contribution < 1.29 is 9.59 Å². The lowest BCUT2D eigenvalue weighted by atomic mass is 9.99. The highest BCUT2D eigenvalue weighted by Crippen LogP contribution is 2.17. The summed E-state index contributed by atoms with van der Waals surface area (Å²) in [6.07, 6.45) is 0.997. The van der Waals surface area contributed by atoms with E-state index in [2.05, 4.69) is 17.6 Å². The van der Waals surface area contributed by atoms with Crippen LogP contribution in [0.5, 0.6) is 0 Å². The molecule has 0 aromatic heterocycles. The van der Waals surface area contributed by atoms with Crippen LogP contribution in [0.3, 0.4) is 0 Å². The Balaban J connectivity index is 2.56. The fourth-order valence-electron chi connectivity index (χ4n) is 1.80. The first kappa shape index (κ1) is 13.0. The maximum Gasteiger partial charge on any atom is 0.245 e. The van der Waals surface area contributed by atoms with Crippen molar-refractivity contribution in [2.24, 2.45) is 0 Å². The van der Waals surface area contributed by atoms with Gasteiger partial charge in [0.1, 0.15) is 5.54 Å². The van der Waals surface area contributed by atoms with E-state index < -0.39 is 5.54 Å². The molecule has 0 saturated carbocycles. The van der Waals surface area contributed by atoms with Gasteiger partial charge in [0.25, 0.3) is 0 Å². The summed E-state index contributed by atoms with van der Waals surface area (Å²) in [4.78, 5) is 25.2. The van der Waals surface area contributed by atoms with Crippen molar-refractivity contribution >= 4 is 11.8 Å². The summed E-state index contributed by atoms with van der Waals surface area (Å²) in [5.74, 6) is -0.0871. The largest absolute Gasteiger partial charge is 0.352 e. The normalized spacial score (nSPS) is 19.4. The van der Waals surface area contributed by atoms with Crippen molar-refractivity contribution in [3.8, 4) is 0 Å². The van der Waals surface area contributed by atoms with E-state index in [0.717, 1.165) is 13.0 Å². The average molecular weight is 227 g/mol. The fourth-order valence-corrected chi connectivity index (χ4v) is 1.80. The highest BCUT2D eigenvalue weighted by atomic mass is 16.2. The van der Waals surface area contributed by atoms with E-state index in [1.165, 1.54) is 0 Å². The van der Waals surface area contributed by atoms with Crippen molar-refractivity contribution in [2.75, 3.05) is 26.2 Å². The molecule has 1 fully saturated rings. The van der Waals surface area contributed by atoms with E-state index in [4.69, 9.17) is 0 Å². The van der Waals surface area contributed by atoms with Gasteiger partial charge in [0.2, 0.25) is 11.8 Å². The number of rotatable bonds is 4. The molecular formula is C11H21N3O2. The van der Waals surface area contributed by atoms with Crippen molar-refractivity contribution in [1.29, 1.82) is 0 Å². The zero-order chi connectivity index (χ0) is 12.2. The minimum absolute atomic E-state index is 0.00620. The summed E-state index contributed by atoms with van der Waals surface area (Å²) in [5.41, 5.74) is -0.733. The van der Waals surface area contributed by atoms with Crippen LogP contribution in [0.1, 0.15) is 27.2 Å². The molecule has 0 radical (unpaired) electrons. The molecular weight excluding hydrogens is 206 g/mol. The van der Waals surface area contributed by atoms with E-state index >= 15 is 0 Å². The lowest BCUT2D eigenvalue weighted by Crippen LogP contribution is -2.64. The molecule has 1 aliphatic heterocycles. The molecule has 5 heteroatoms. The Morgan fingerprint density at radius 1 is 1.56 bits per heavy atom. The number of piperazine rings is 1. The van der Waals surface area contributed by atoms with Crippen LogP contribution in [-0.4, -0.2) is 48.4 Å². The predicted molar refractivity (Wildman–Crippen MR) is 62.0 cm³/mol. The highest BCUT2D eigenvalue weighted by Gasteiger charge is 2.39. The summed E-state index contributed by atoms with van der Waals surface area (Å²) in [7, 11) is 0. The first-order chi connectivity index (χ1) is 7.50. The van der Waals surface area contributed by atoms with Crippen molar-refractivity contribution in [3.05, 3.63) is 0 Å². The van der Waals surface area contributed by atoms with Gasteiger partial charge in [0, 0.05) is 13.1 Å². The van der Waals surface area contributed by atoms with E-state index in [-0.39, 0.29) is 11.8 Å². The smallest absolute Gasteiger partial charge is 0.245 e. The van der Waals surface area contributed by atoms with Crippen LogP contribution in [-0.2, 0) is 9.59 Å². The Bertz CT molecular complexity index is 276. The monoisotopic (exact) mass is 227 g/mol. The Labute approximate surface area is 96.6 Å². The maximum absolute atomic E-state index is 11.9. The van der Waals surface area contributed by atoms with Crippen molar-refractivity contribution in [1.82, 2.24) is 15.5 Å². The first-order valence-corrected chi connectivity index (χ1v) is 5.79. The highest BCUT2D eigenvalue weighted by molar-refractivity contribution is 5.92. The molecule has 92 valence electrons. The summed E-state index contributed by atoms with van der Waals surface area (Å²) < 4.78 is 0. The van der Waals surface area contributed by atoms with Crippen LogP contribution in [0.25, 0.3) is 0 Å². The third kappa shape index (κ3) is 2.72. The number of hydrogen-bond acceptors (Lipinski definition) is 3. The molecule has 1 aliphatic rings. The van der Waals surface area contributed by atoms with Gasteiger partial charge in [0.15, 0.2) is 0 Å². The van der Waals surface area contributed by atoms with Crippen molar-refractivity contribution in [3.63, 3.8) is 0 Å². The number of carbonyl (C=O) groups excluding carboxylic acids is 2. The van der Waals surface area contributed by atoms with E-state index in [9.17, 15) is 9.59 Å². The molecule has 2 amide bonds. The summed E-state index contributed by atoms with van der Waals surface area (Å²) in [6, 6.07) is 0. The average Bonchev–Trinajstić information content (AvgIpc) is 2.22. The molecule has 5 nitrogen and oxygen atoms in total. The zero-order valence-corrected chi connectivity index (χ0v) is 10.3. The quantitative estimate of drug-likeness (QED) is 0.650. The van der Waals surface area contributed by atoms with Crippen molar-refractivity contribution in [2.45, 2.75) is 32.7 Å². The van der Waals surface area contributed by atoms with E-state index in [0.29, 0.717) is 19.6 Å². The van der Waals surface area contributed by atoms with Gasteiger partial charge in [-0.2, -0.15) is 0 Å². The minimum Gasteiger partial charge on any atom is -0.352 e. The molecule has 2 N–H and O–H groups in total. The lowest BCUT2D eigenvalue weighted by molar-refractivity contribution is -0.148. The second-order valence-corrected chi connectivity index (χ2v) is 4.54. The summed E-state index contributed by atoms with van der Waals surface area (Å²) in [5, 5.41) is 5.83. The molecule has 0 bridgehead atoms. The first-order valence-electron chi connectivity index (χ1n) is 5.79. The second-order valence-electron chi connectivity index (χ2n) is 4.54. The minimum atomic E-state index is -0.733. The van der Waals surface area contributed by atoms with Gasteiger partial charge in [-0.05, 0) is 26.8 Å². The summed E-state index contributed by atoms with van der Waals surface area (Å²) >= 11 is 0. The molecule has 0 aromatic carbocycles. The summed E-state index contributed by atoms with van der Waals surface area (Å²) in [6.45, 7) is 7.87. The molecule has 0 aromatic rings. The van der Waals surface area contributed by atoms with Crippen LogP contribution >= 0.6 is 0 Å². The fraction of sp³-hybridized carbons (Fsp3) is 0.818. The molecule has 1 rings (SSSR count). The van der Waals surface area contributed by atoms with Gasteiger partial charge in [-0.15, -0.1) is 0 Å². The Kier molecular flexibility index (Phi) is 4.29. The van der Waals surface area contributed by atoms with Gasteiger partial charge in [-0.1, -0.05) is 6.92 Å². The Morgan fingerprint density at radius 3 is 2.88 bits per heavy atom. The van der Waals surface area contributed by atoms with Crippen LogP contribution in [0.15, 0.2) is 0 Å². The lowest BCUT2D eigenvalue weighted by Gasteiger charge is -2.41. The van der Waals surface area contributed by atoms with Crippen LogP contribution < -0.4 is 10.6 Å². The number of carbonyl (C=O) groups is 2. The second kappa shape index (κ2) is 5.30. The number of amides is 2. The van der Waals surface area contributed by atoms with Crippen LogP contribution in [0.2, 0.25) is 0 Å². The third-order valence-corrected chi connectivity index (χ3v) is 2.86. The molecule has 0 spiro atoms. The van der Waals surface area contributed by atoms with Gasteiger partial charge in [-0.3, -0.25) is 9.59 Å². The van der Waals surface area contributed by atoms with Gasteiger partial charge < -0.3 is 15.5 Å². The number of nitrogens with zero attached hydrogens (tertiary/aromatic N) is 1. The number of hydrogen-bond donors (Lipinski definition) is 2. The molecule has 1 saturated heterocycles. The van der Waals surface area contributed by atoms with Gasteiger partial charge >= 0.3 is 0 Å². The molecule has 0 unspecified atom stereocenters. The maximum atomic E-state index is 11.9. The number of nitrogens with one attached hydrogen (secondary N) is 2. The third-order valence-electron chi connectivity index (χ3n) is 2.86. The topological polar surface area (TPSA) is 61.4 Å². The zero-order valence-electron chi connectivity index (χ0n) is 10.3. The SMILES string of the molecule is CCCNCC(=O)N1CCNC(=O)C1(C)C. The molecule has 0 aliphatic carbocycles. The van der Waals surface area contributed by atoms with Crippen LogP contribution in [0.4, 0.5) is 0 Å². The van der Waals surface area contributed by atoms with Gasteiger partial charge in [0.05, 0.1) is 6.54 Å². The van der Waals surface area contributed by atoms with E-state index in [1.807, 2.05) is 0 Å². The van der Waals surface area contributed by atoms with E-state index in [1.54, 1.807) is 18.7 Å².